The van der Waals surface area contributed by atoms with Gasteiger partial charge in [0.15, 0.2) is 0 Å². The molecule has 1 aliphatic heterocycles. The molecule has 0 amide bonds. The fourth-order valence-electron chi connectivity index (χ4n) is 2.46. The van der Waals surface area contributed by atoms with Crippen LogP contribution < -0.4 is 5.32 Å². The van der Waals surface area contributed by atoms with E-state index in [-0.39, 0.29) is 5.54 Å². The fourth-order valence-corrected chi connectivity index (χ4v) is 4.22. The Bertz CT molecular complexity index is 430. The van der Waals surface area contributed by atoms with E-state index in [0.717, 1.165) is 48.1 Å². The maximum absolute atomic E-state index is 6.04. The van der Waals surface area contributed by atoms with E-state index in [0.29, 0.717) is 0 Å². The Labute approximate surface area is 139 Å². The van der Waals surface area contributed by atoms with Gasteiger partial charge in [-0.15, -0.1) is 11.3 Å². The molecule has 20 heavy (non-hydrogen) atoms. The lowest BCUT2D eigenvalue weighted by Crippen LogP contribution is -2.58. The Morgan fingerprint density at radius 2 is 2.20 bits per heavy atom. The van der Waals surface area contributed by atoms with E-state index in [2.05, 4.69) is 58.0 Å². The Morgan fingerprint density at radius 3 is 2.80 bits per heavy atom. The second-order valence-electron chi connectivity index (χ2n) is 6.02. The molecule has 1 saturated heterocycles. The molecule has 2 rings (SSSR count). The summed E-state index contributed by atoms with van der Waals surface area (Å²) in [6.07, 6.45) is 0. The average molecular weight is 381 g/mol. The van der Waals surface area contributed by atoms with E-state index in [9.17, 15) is 0 Å². The highest BCUT2D eigenvalue weighted by atomic mass is 79.9. The van der Waals surface area contributed by atoms with E-state index < -0.39 is 0 Å². The predicted octanol–water partition coefficient (Wildman–Crippen LogP) is 3.28. The summed E-state index contributed by atoms with van der Waals surface area (Å²) in [5, 5.41) is 3.50. The summed E-state index contributed by atoms with van der Waals surface area (Å²) in [4.78, 5) is 6.27. The van der Waals surface area contributed by atoms with Crippen LogP contribution in [-0.4, -0.2) is 55.1 Å². The monoisotopic (exact) mass is 379 g/mol. The molecule has 0 radical (unpaired) electrons. The molecule has 114 valence electrons. The van der Waals surface area contributed by atoms with Crippen molar-refractivity contribution in [2.75, 3.05) is 39.8 Å². The van der Waals surface area contributed by atoms with Gasteiger partial charge in [0, 0.05) is 54.2 Å². The number of hydrogen-bond acceptors (Lipinski definition) is 4. The smallest absolute Gasteiger partial charge is 0.107 e. The quantitative estimate of drug-likeness (QED) is 0.791. The lowest BCUT2D eigenvalue weighted by molar-refractivity contribution is 0.0407. The first-order valence-electron chi connectivity index (χ1n) is 6.96. The third kappa shape index (κ3) is 4.42. The molecule has 1 aromatic rings. The van der Waals surface area contributed by atoms with Gasteiger partial charge in [0.05, 0.1) is 0 Å². The first kappa shape index (κ1) is 16.7. The van der Waals surface area contributed by atoms with Crippen molar-refractivity contribution in [3.63, 3.8) is 0 Å². The number of nitrogens with zero attached hydrogens (tertiary/aromatic N) is 2. The molecule has 6 heteroatoms. The molecule has 1 fully saturated rings. The summed E-state index contributed by atoms with van der Waals surface area (Å²) in [6.45, 7) is 11.1. The number of nitrogens with one attached hydrogen (secondary N) is 1. The second-order valence-corrected chi connectivity index (χ2v) is 8.61. The van der Waals surface area contributed by atoms with Crippen molar-refractivity contribution in [1.82, 2.24) is 15.1 Å². The number of halogens is 2. The number of hydrogen-bond donors (Lipinski definition) is 1. The summed E-state index contributed by atoms with van der Waals surface area (Å²) in [5.74, 6) is 0. The Kier molecular flexibility index (Phi) is 5.91. The summed E-state index contributed by atoms with van der Waals surface area (Å²) in [5.41, 5.74) is 0.282. The molecule has 3 nitrogen and oxygen atoms in total. The van der Waals surface area contributed by atoms with Crippen LogP contribution in [0.25, 0.3) is 0 Å². The molecular formula is C14H23BrClN3S. The molecule has 0 spiro atoms. The van der Waals surface area contributed by atoms with Crippen molar-refractivity contribution in [3.05, 3.63) is 19.8 Å². The average Bonchev–Trinajstić information content (AvgIpc) is 2.68. The lowest BCUT2D eigenvalue weighted by atomic mass is 10.00. The van der Waals surface area contributed by atoms with E-state index >= 15 is 0 Å². The molecule has 2 heterocycles. The van der Waals surface area contributed by atoms with Gasteiger partial charge in [0.2, 0.25) is 0 Å². The first-order valence-corrected chi connectivity index (χ1v) is 8.95. The van der Waals surface area contributed by atoms with Gasteiger partial charge >= 0.3 is 0 Å². The minimum Gasteiger partial charge on any atom is -0.311 e. The largest absolute Gasteiger partial charge is 0.311 e. The minimum absolute atomic E-state index is 0.282. The number of thiophene rings is 1. The van der Waals surface area contributed by atoms with Crippen molar-refractivity contribution in [2.45, 2.75) is 25.9 Å². The SMILES string of the molecule is CN1CCN(CCNCc2cc(Br)c(Cl)s2)CC1(C)C. The molecule has 0 saturated carbocycles. The van der Waals surface area contributed by atoms with Gasteiger partial charge in [0.25, 0.3) is 0 Å². The summed E-state index contributed by atoms with van der Waals surface area (Å²) in [6, 6.07) is 2.10. The standard InChI is InChI=1S/C14H23BrClN3S/c1-14(2)10-19(7-6-18(14)3)5-4-17-9-11-8-12(15)13(16)20-11/h8,17H,4-7,9-10H2,1-3H3. The van der Waals surface area contributed by atoms with Crippen molar-refractivity contribution in [3.8, 4) is 0 Å². The molecule has 1 aliphatic rings. The van der Waals surface area contributed by atoms with Crippen molar-refractivity contribution < 1.29 is 0 Å². The van der Waals surface area contributed by atoms with Crippen molar-refractivity contribution in [1.29, 1.82) is 0 Å². The molecule has 0 unspecified atom stereocenters. The van der Waals surface area contributed by atoms with Crippen molar-refractivity contribution >= 4 is 38.9 Å². The van der Waals surface area contributed by atoms with Crippen LogP contribution >= 0.6 is 38.9 Å². The van der Waals surface area contributed by atoms with Gasteiger partial charge in [-0.3, -0.25) is 9.80 Å². The van der Waals surface area contributed by atoms with Gasteiger partial charge in [-0.05, 0) is 42.9 Å². The molecular weight excluding hydrogens is 358 g/mol. The highest BCUT2D eigenvalue weighted by Crippen LogP contribution is 2.31. The maximum atomic E-state index is 6.04. The molecule has 1 N–H and O–H groups in total. The zero-order valence-electron chi connectivity index (χ0n) is 12.4. The third-order valence-corrected chi connectivity index (χ3v) is 6.47. The van der Waals surface area contributed by atoms with E-state index in [1.807, 2.05) is 0 Å². The zero-order chi connectivity index (χ0) is 14.8. The number of piperazine rings is 1. The maximum Gasteiger partial charge on any atom is 0.107 e. The fraction of sp³-hybridized carbons (Fsp3) is 0.714. The highest BCUT2D eigenvalue weighted by Gasteiger charge is 2.30. The van der Waals surface area contributed by atoms with Gasteiger partial charge < -0.3 is 5.32 Å². The molecule has 0 aliphatic carbocycles. The Balaban J connectivity index is 1.69. The van der Waals surface area contributed by atoms with Crippen LogP contribution in [0.4, 0.5) is 0 Å². The molecule has 1 aromatic heterocycles. The first-order chi connectivity index (χ1) is 9.38. The third-order valence-electron chi connectivity index (χ3n) is 4.00. The van der Waals surface area contributed by atoms with Crippen LogP contribution in [0.5, 0.6) is 0 Å². The second kappa shape index (κ2) is 7.07. The van der Waals surface area contributed by atoms with Crippen LogP contribution in [0.2, 0.25) is 4.34 Å². The Hall–Kier alpha value is 0.350. The normalized spacial score (nSPS) is 20.4. The summed E-state index contributed by atoms with van der Waals surface area (Å²) in [7, 11) is 2.22. The zero-order valence-corrected chi connectivity index (χ0v) is 15.5. The van der Waals surface area contributed by atoms with E-state index in [4.69, 9.17) is 11.6 Å². The van der Waals surface area contributed by atoms with Crippen LogP contribution in [0.3, 0.4) is 0 Å². The van der Waals surface area contributed by atoms with Gasteiger partial charge in [-0.2, -0.15) is 0 Å². The van der Waals surface area contributed by atoms with Gasteiger partial charge in [-0.1, -0.05) is 11.6 Å². The van der Waals surface area contributed by atoms with Crippen LogP contribution in [-0.2, 0) is 6.54 Å². The van der Waals surface area contributed by atoms with Crippen LogP contribution in [0, 0.1) is 0 Å². The summed E-state index contributed by atoms with van der Waals surface area (Å²) < 4.78 is 1.84. The van der Waals surface area contributed by atoms with E-state index in [1.54, 1.807) is 11.3 Å². The number of rotatable bonds is 5. The Morgan fingerprint density at radius 1 is 1.45 bits per heavy atom. The highest BCUT2D eigenvalue weighted by molar-refractivity contribution is 9.10. The molecule has 0 atom stereocenters. The summed E-state index contributed by atoms with van der Waals surface area (Å²) >= 11 is 11.1. The van der Waals surface area contributed by atoms with Gasteiger partial charge in [0.1, 0.15) is 4.34 Å². The topological polar surface area (TPSA) is 18.5 Å². The van der Waals surface area contributed by atoms with E-state index in [1.165, 1.54) is 4.88 Å². The van der Waals surface area contributed by atoms with Crippen LogP contribution in [0.15, 0.2) is 10.5 Å². The molecule has 0 bridgehead atoms. The van der Waals surface area contributed by atoms with Crippen LogP contribution in [0.1, 0.15) is 18.7 Å². The minimum atomic E-state index is 0.282. The lowest BCUT2D eigenvalue weighted by Gasteiger charge is -2.45. The van der Waals surface area contributed by atoms with Crippen molar-refractivity contribution in [2.24, 2.45) is 0 Å². The van der Waals surface area contributed by atoms with Gasteiger partial charge in [-0.25, -0.2) is 0 Å². The molecule has 0 aromatic carbocycles. The predicted molar refractivity (Wildman–Crippen MR) is 91.9 cm³/mol. The number of likely N-dealkylation sites (N-methyl/N-ethyl adjacent to an activating group) is 1.